The molecule has 2 heterocycles. The maximum Gasteiger partial charge on any atom is 0.223 e. The number of para-hydroxylation sites is 1. The summed E-state index contributed by atoms with van der Waals surface area (Å²) in [5.41, 5.74) is 4.12. The summed E-state index contributed by atoms with van der Waals surface area (Å²) in [6.07, 6.45) is 2.49. The maximum absolute atomic E-state index is 13.7. The fraction of sp³-hybridized carbons (Fsp3) is 0.344. The Balaban J connectivity index is 1.56. The second-order valence-corrected chi connectivity index (χ2v) is 10.1. The van der Waals surface area contributed by atoms with E-state index in [-0.39, 0.29) is 17.6 Å². The molecule has 1 aliphatic rings. The maximum atomic E-state index is 13.7. The van der Waals surface area contributed by atoms with Gasteiger partial charge in [0.05, 0.1) is 14.2 Å². The van der Waals surface area contributed by atoms with Crippen LogP contribution in [0.4, 0.5) is 4.39 Å². The van der Waals surface area contributed by atoms with Gasteiger partial charge in [-0.1, -0.05) is 37.3 Å². The molecule has 6 nitrogen and oxygen atoms in total. The molecule has 1 fully saturated rings. The monoisotopic (exact) mass is 529 g/mol. The number of amides is 1. The summed E-state index contributed by atoms with van der Waals surface area (Å²) in [6.45, 7) is 7.04. The number of piperazine rings is 1. The SMILES string of the molecule is CCN1CCN(C(=O)C[C@@H](c2cc(OC)cc(OC)c2)c2cn(Cc3ccc(F)cc3)c3ccccc23)CC1. The lowest BCUT2D eigenvalue weighted by Crippen LogP contribution is -2.48. The van der Waals surface area contributed by atoms with Crippen LogP contribution in [-0.4, -0.2) is 67.2 Å². The molecular weight excluding hydrogens is 493 g/mol. The van der Waals surface area contributed by atoms with E-state index in [1.165, 1.54) is 12.1 Å². The Kier molecular flexibility index (Phi) is 8.17. The van der Waals surface area contributed by atoms with Crippen molar-refractivity contribution in [1.82, 2.24) is 14.4 Å². The lowest BCUT2D eigenvalue weighted by molar-refractivity contribution is -0.133. The second-order valence-electron chi connectivity index (χ2n) is 10.1. The minimum absolute atomic E-state index is 0.146. The normalized spacial score (nSPS) is 14.9. The molecule has 0 radical (unpaired) electrons. The fourth-order valence-electron chi connectivity index (χ4n) is 5.53. The van der Waals surface area contributed by atoms with E-state index in [2.05, 4.69) is 34.7 Å². The predicted octanol–water partition coefficient (Wildman–Crippen LogP) is 5.53. The number of ether oxygens (including phenoxy) is 2. The highest BCUT2D eigenvalue weighted by molar-refractivity contribution is 5.87. The Morgan fingerprint density at radius 3 is 2.23 bits per heavy atom. The number of hydrogen-bond acceptors (Lipinski definition) is 4. The molecule has 0 saturated carbocycles. The Morgan fingerprint density at radius 2 is 1.59 bits per heavy atom. The third-order valence-corrected chi connectivity index (χ3v) is 7.79. The van der Waals surface area contributed by atoms with Crippen LogP contribution in [0.25, 0.3) is 10.9 Å². The molecule has 0 spiro atoms. The molecular formula is C32H36FN3O3. The van der Waals surface area contributed by atoms with Crippen molar-refractivity contribution in [2.24, 2.45) is 0 Å². The summed E-state index contributed by atoms with van der Waals surface area (Å²) in [4.78, 5) is 18.1. The quantitative estimate of drug-likeness (QED) is 0.286. The molecule has 0 N–H and O–H groups in total. The summed E-state index contributed by atoms with van der Waals surface area (Å²) < 4.78 is 26.9. The van der Waals surface area contributed by atoms with Gasteiger partial charge in [-0.25, -0.2) is 4.39 Å². The van der Waals surface area contributed by atoms with Crippen LogP contribution in [-0.2, 0) is 11.3 Å². The van der Waals surface area contributed by atoms with E-state index in [9.17, 15) is 9.18 Å². The van der Waals surface area contributed by atoms with Crippen molar-refractivity contribution < 1.29 is 18.7 Å². The number of carbonyl (C=O) groups is 1. The average molecular weight is 530 g/mol. The minimum Gasteiger partial charge on any atom is -0.497 e. The van der Waals surface area contributed by atoms with E-state index in [1.54, 1.807) is 14.2 Å². The summed E-state index contributed by atoms with van der Waals surface area (Å²) in [5, 5.41) is 1.09. The van der Waals surface area contributed by atoms with Crippen LogP contribution in [0.15, 0.2) is 72.9 Å². The predicted molar refractivity (Wildman–Crippen MR) is 152 cm³/mol. The first-order chi connectivity index (χ1) is 19.0. The van der Waals surface area contributed by atoms with Crippen molar-refractivity contribution in [3.63, 3.8) is 0 Å². The van der Waals surface area contributed by atoms with Crippen LogP contribution >= 0.6 is 0 Å². The third kappa shape index (κ3) is 5.93. The first kappa shape index (κ1) is 26.8. The standard InChI is InChI=1S/C32H36FN3O3/c1-4-34-13-15-35(16-14-34)32(37)20-29(24-17-26(38-2)19-27(18-24)39-3)30-22-36(31-8-6-5-7-28(30)31)21-23-9-11-25(33)12-10-23/h5-12,17-19,22,29H,4,13-16,20-21H2,1-3H3/t29-/m0/s1. The van der Waals surface area contributed by atoms with Gasteiger partial charge in [0, 0.05) is 68.2 Å². The van der Waals surface area contributed by atoms with Gasteiger partial charge < -0.3 is 23.8 Å². The van der Waals surface area contributed by atoms with Gasteiger partial charge in [-0.2, -0.15) is 0 Å². The van der Waals surface area contributed by atoms with E-state index in [1.807, 2.05) is 47.4 Å². The van der Waals surface area contributed by atoms with Gasteiger partial charge in [0.2, 0.25) is 5.91 Å². The van der Waals surface area contributed by atoms with Crippen LogP contribution in [0.1, 0.15) is 36.0 Å². The lowest BCUT2D eigenvalue weighted by atomic mass is 9.87. The molecule has 0 unspecified atom stereocenters. The highest BCUT2D eigenvalue weighted by atomic mass is 19.1. The third-order valence-electron chi connectivity index (χ3n) is 7.79. The van der Waals surface area contributed by atoms with Gasteiger partial charge in [0.15, 0.2) is 0 Å². The molecule has 0 aliphatic carbocycles. The zero-order valence-corrected chi connectivity index (χ0v) is 22.9. The number of rotatable bonds is 9. The number of carbonyl (C=O) groups excluding carboxylic acids is 1. The molecule has 1 aliphatic heterocycles. The van der Waals surface area contributed by atoms with Crippen LogP contribution in [0.3, 0.4) is 0 Å². The van der Waals surface area contributed by atoms with Gasteiger partial charge in [0.1, 0.15) is 17.3 Å². The van der Waals surface area contributed by atoms with E-state index in [0.717, 1.165) is 60.3 Å². The van der Waals surface area contributed by atoms with E-state index >= 15 is 0 Å². The molecule has 1 amide bonds. The smallest absolute Gasteiger partial charge is 0.223 e. The van der Waals surface area contributed by atoms with E-state index in [0.29, 0.717) is 24.5 Å². The number of nitrogens with zero attached hydrogens (tertiary/aromatic N) is 3. The Hall–Kier alpha value is -3.84. The highest BCUT2D eigenvalue weighted by Crippen LogP contribution is 2.38. The summed E-state index contributed by atoms with van der Waals surface area (Å²) in [6, 6.07) is 20.7. The van der Waals surface area contributed by atoms with Gasteiger partial charge in [-0.3, -0.25) is 4.79 Å². The number of hydrogen-bond donors (Lipinski definition) is 0. The molecule has 5 rings (SSSR count). The zero-order chi connectivity index (χ0) is 27.4. The summed E-state index contributed by atoms with van der Waals surface area (Å²) >= 11 is 0. The highest BCUT2D eigenvalue weighted by Gasteiger charge is 2.28. The van der Waals surface area contributed by atoms with Crippen molar-refractivity contribution in [2.75, 3.05) is 46.9 Å². The average Bonchev–Trinajstić information content (AvgIpc) is 3.34. The van der Waals surface area contributed by atoms with Crippen molar-refractivity contribution >= 4 is 16.8 Å². The van der Waals surface area contributed by atoms with Crippen molar-refractivity contribution in [2.45, 2.75) is 25.8 Å². The second kappa shape index (κ2) is 11.9. The number of fused-ring (bicyclic) bond motifs is 1. The van der Waals surface area contributed by atoms with Crippen molar-refractivity contribution in [3.05, 3.63) is 95.4 Å². The number of benzene rings is 3. The number of aromatic nitrogens is 1. The molecule has 0 bridgehead atoms. The Labute approximate surface area is 229 Å². The van der Waals surface area contributed by atoms with Crippen LogP contribution in [0.2, 0.25) is 0 Å². The molecule has 39 heavy (non-hydrogen) atoms. The topological polar surface area (TPSA) is 46.9 Å². The lowest BCUT2D eigenvalue weighted by Gasteiger charge is -2.35. The number of likely N-dealkylation sites (N-methyl/N-ethyl adjacent to an activating group) is 1. The van der Waals surface area contributed by atoms with Gasteiger partial charge in [-0.15, -0.1) is 0 Å². The van der Waals surface area contributed by atoms with Crippen molar-refractivity contribution in [3.8, 4) is 11.5 Å². The first-order valence-electron chi connectivity index (χ1n) is 13.5. The van der Waals surface area contributed by atoms with Crippen LogP contribution < -0.4 is 9.47 Å². The van der Waals surface area contributed by atoms with Gasteiger partial charge >= 0.3 is 0 Å². The molecule has 4 aromatic rings. The minimum atomic E-state index is -0.248. The van der Waals surface area contributed by atoms with Crippen LogP contribution in [0.5, 0.6) is 11.5 Å². The van der Waals surface area contributed by atoms with Crippen molar-refractivity contribution in [1.29, 1.82) is 0 Å². The Morgan fingerprint density at radius 1 is 0.923 bits per heavy atom. The summed E-state index contributed by atoms with van der Waals surface area (Å²) in [7, 11) is 3.28. The molecule has 204 valence electrons. The summed E-state index contributed by atoms with van der Waals surface area (Å²) in [5.74, 6) is 1.07. The zero-order valence-electron chi connectivity index (χ0n) is 22.9. The van der Waals surface area contributed by atoms with Crippen LogP contribution in [0, 0.1) is 5.82 Å². The number of methoxy groups -OCH3 is 2. The van der Waals surface area contributed by atoms with Gasteiger partial charge in [0.25, 0.3) is 0 Å². The Bertz CT molecular complexity index is 1400. The molecule has 1 saturated heterocycles. The van der Waals surface area contributed by atoms with E-state index < -0.39 is 0 Å². The molecule has 3 aromatic carbocycles. The van der Waals surface area contributed by atoms with E-state index in [4.69, 9.17) is 9.47 Å². The number of halogens is 1. The fourth-order valence-corrected chi connectivity index (χ4v) is 5.53. The first-order valence-corrected chi connectivity index (χ1v) is 13.5. The largest absolute Gasteiger partial charge is 0.497 e. The molecule has 1 atom stereocenters. The molecule has 1 aromatic heterocycles. The van der Waals surface area contributed by atoms with Gasteiger partial charge in [-0.05, 0) is 53.6 Å². The molecule has 7 heteroatoms.